The first-order valence-electron chi connectivity index (χ1n) is 17.8. The van der Waals surface area contributed by atoms with Crippen LogP contribution in [0.4, 0.5) is 0 Å². The van der Waals surface area contributed by atoms with E-state index in [-0.39, 0.29) is 12.2 Å². The van der Waals surface area contributed by atoms with Crippen molar-refractivity contribution in [3.8, 4) is 22.3 Å². The fourth-order valence-corrected chi connectivity index (χ4v) is 9.59. The lowest BCUT2D eigenvalue weighted by Crippen LogP contribution is -2.40. The number of fused-ring (bicyclic) bond motifs is 8. The lowest BCUT2D eigenvalue weighted by Gasteiger charge is -2.35. The Kier molecular flexibility index (Phi) is 6.69. The highest BCUT2D eigenvalue weighted by molar-refractivity contribution is 8.03. The van der Waals surface area contributed by atoms with Gasteiger partial charge in [0.05, 0.1) is 11.7 Å². The van der Waals surface area contributed by atoms with E-state index in [1.54, 1.807) is 0 Å². The first-order chi connectivity index (χ1) is 25.8. The van der Waals surface area contributed by atoms with E-state index in [0.717, 1.165) is 27.5 Å². The summed E-state index contributed by atoms with van der Waals surface area (Å²) < 4.78 is 6.63. The molecule has 0 bridgehead atoms. The molecule has 8 aromatic carbocycles. The van der Waals surface area contributed by atoms with Gasteiger partial charge in [-0.15, -0.1) is 0 Å². The molecule has 52 heavy (non-hydrogen) atoms. The maximum absolute atomic E-state index is 6.63. The molecule has 0 saturated carbocycles. The minimum Gasteiger partial charge on any atom is -0.456 e. The third-order valence-electron chi connectivity index (χ3n) is 10.8. The van der Waals surface area contributed by atoms with Crippen LogP contribution in [-0.2, 0) is 0 Å². The summed E-state index contributed by atoms with van der Waals surface area (Å²) in [4.78, 5) is 2.60. The second kappa shape index (κ2) is 11.7. The molecule has 9 aromatic rings. The van der Waals surface area contributed by atoms with Crippen LogP contribution in [0.5, 0.6) is 0 Å². The molecule has 3 nitrogen and oxygen atoms in total. The van der Waals surface area contributed by atoms with Crippen molar-refractivity contribution in [1.29, 1.82) is 0 Å². The van der Waals surface area contributed by atoms with E-state index < -0.39 is 0 Å². The van der Waals surface area contributed by atoms with Crippen molar-refractivity contribution in [1.82, 2.24) is 10.6 Å². The minimum atomic E-state index is -0.160. The molecule has 2 unspecified atom stereocenters. The van der Waals surface area contributed by atoms with Gasteiger partial charge in [-0.1, -0.05) is 151 Å². The quantitative estimate of drug-likeness (QED) is 0.193. The van der Waals surface area contributed by atoms with Crippen LogP contribution in [-0.4, -0.2) is 0 Å². The number of benzene rings is 8. The third-order valence-corrected chi connectivity index (χ3v) is 12.0. The molecule has 0 radical (unpaired) electrons. The Hall–Kier alpha value is -6.07. The van der Waals surface area contributed by atoms with Crippen molar-refractivity contribution in [3.63, 3.8) is 0 Å². The van der Waals surface area contributed by atoms with Crippen molar-refractivity contribution >= 4 is 60.9 Å². The summed E-state index contributed by atoms with van der Waals surface area (Å²) in [5.41, 5.74) is 11.5. The number of hydrogen-bond donors (Lipinski definition) is 2. The molecule has 246 valence electrons. The Labute approximate surface area is 305 Å². The Bertz CT molecular complexity index is 2910. The highest BCUT2D eigenvalue weighted by atomic mass is 32.2. The molecule has 4 heteroatoms. The predicted molar refractivity (Wildman–Crippen MR) is 217 cm³/mol. The van der Waals surface area contributed by atoms with Crippen molar-refractivity contribution in [2.24, 2.45) is 0 Å². The molecule has 2 aliphatic heterocycles. The molecular weight excluding hydrogens is 653 g/mol. The van der Waals surface area contributed by atoms with Crippen molar-refractivity contribution < 1.29 is 4.42 Å². The summed E-state index contributed by atoms with van der Waals surface area (Å²) in [7, 11) is 0. The van der Waals surface area contributed by atoms with Gasteiger partial charge >= 0.3 is 0 Å². The first-order valence-corrected chi connectivity index (χ1v) is 18.6. The SMILES string of the molecule is c1ccc(-c2ccc(C3=C4Sc5ccccc5C4NC(c4cccc5oc6cc(-c7ccc8ccccc8c7)ccc6c45)N3)c3ccccc23)cc1. The molecule has 2 aliphatic rings. The number of furan rings is 1. The van der Waals surface area contributed by atoms with Crippen LogP contribution >= 0.6 is 11.8 Å². The molecule has 0 amide bonds. The van der Waals surface area contributed by atoms with E-state index in [0.29, 0.717) is 0 Å². The van der Waals surface area contributed by atoms with Gasteiger partial charge in [0.2, 0.25) is 0 Å². The molecule has 2 atom stereocenters. The minimum absolute atomic E-state index is 0.0583. The number of thioether (sulfide) groups is 1. The Morgan fingerprint density at radius 1 is 0.481 bits per heavy atom. The average molecular weight is 685 g/mol. The zero-order valence-corrected chi connectivity index (χ0v) is 29.0. The van der Waals surface area contributed by atoms with Gasteiger partial charge in [0.25, 0.3) is 0 Å². The van der Waals surface area contributed by atoms with E-state index in [9.17, 15) is 0 Å². The summed E-state index contributed by atoms with van der Waals surface area (Å²) in [6, 6.07) is 61.3. The number of rotatable bonds is 4. The summed E-state index contributed by atoms with van der Waals surface area (Å²) >= 11 is 1.87. The van der Waals surface area contributed by atoms with Crippen LogP contribution in [0.15, 0.2) is 184 Å². The zero-order chi connectivity index (χ0) is 34.2. The topological polar surface area (TPSA) is 37.2 Å². The standard InChI is InChI=1S/C48H32N2OS/c1-2-12-30(13-3-1)34-25-26-37(36-16-7-6-15-35(34)36)45-47-46(39-17-8-9-20-43(39)52-47)50-48(49-45)40-18-10-19-41-44(40)38-24-23-33(28-42(38)51-41)32-22-21-29-11-4-5-14-31(29)27-32/h1-28,46,48-50H. The van der Waals surface area contributed by atoms with Crippen LogP contribution in [0.25, 0.3) is 71.4 Å². The first kappa shape index (κ1) is 29.6. The number of hydrogen-bond acceptors (Lipinski definition) is 4. The van der Waals surface area contributed by atoms with Gasteiger partial charge in [0.1, 0.15) is 17.3 Å². The van der Waals surface area contributed by atoms with E-state index in [2.05, 4.69) is 180 Å². The Balaban J connectivity index is 1.06. The van der Waals surface area contributed by atoms with Crippen molar-refractivity contribution in [2.75, 3.05) is 0 Å². The van der Waals surface area contributed by atoms with Crippen LogP contribution in [0.3, 0.4) is 0 Å². The summed E-state index contributed by atoms with van der Waals surface area (Å²) in [5.74, 6) is 0. The molecule has 0 aliphatic carbocycles. The zero-order valence-electron chi connectivity index (χ0n) is 28.1. The van der Waals surface area contributed by atoms with Crippen molar-refractivity contribution in [3.05, 3.63) is 191 Å². The molecule has 0 fully saturated rings. The van der Waals surface area contributed by atoms with E-state index in [4.69, 9.17) is 4.42 Å². The van der Waals surface area contributed by atoms with Gasteiger partial charge in [0.15, 0.2) is 0 Å². The van der Waals surface area contributed by atoms with Crippen LogP contribution in [0.2, 0.25) is 0 Å². The average Bonchev–Trinajstić information content (AvgIpc) is 3.78. The summed E-state index contributed by atoms with van der Waals surface area (Å²) in [6.45, 7) is 0. The molecule has 1 aromatic heterocycles. The van der Waals surface area contributed by atoms with E-state index >= 15 is 0 Å². The van der Waals surface area contributed by atoms with Gasteiger partial charge in [-0.25, -0.2) is 0 Å². The largest absolute Gasteiger partial charge is 0.456 e. The molecule has 2 N–H and O–H groups in total. The van der Waals surface area contributed by atoms with Gasteiger partial charge in [-0.3, -0.25) is 5.32 Å². The van der Waals surface area contributed by atoms with Crippen molar-refractivity contribution in [2.45, 2.75) is 17.1 Å². The molecular formula is C48H32N2OS. The van der Waals surface area contributed by atoms with Crippen LogP contribution in [0, 0.1) is 0 Å². The molecule has 0 saturated heterocycles. The van der Waals surface area contributed by atoms with Gasteiger partial charge < -0.3 is 9.73 Å². The fraction of sp³-hybridized carbons (Fsp3) is 0.0417. The van der Waals surface area contributed by atoms with E-state index in [1.807, 2.05) is 11.8 Å². The second-order valence-electron chi connectivity index (χ2n) is 13.7. The highest BCUT2D eigenvalue weighted by Crippen LogP contribution is 2.53. The smallest absolute Gasteiger partial charge is 0.136 e. The molecule has 11 rings (SSSR count). The lowest BCUT2D eigenvalue weighted by atomic mass is 9.91. The predicted octanol–water partition coefficient (Wildman–Crippen LogP) is 12.6. The summed E-state index contributed by atoms with van der Waals surface area (Å²) in [5, 5.41) is 15.3. The lowest BCUT2D eigenvalue weighted by molar-refractivity contribution is 0.441. The third kappa shape index (κ3) is 4.65. The number of nitrogens with one attached hydrogen (secondary N) is 2. The van der Waals surface area contributed by atoms with Crippen LogP contribution in [0.1, 0.15) is 28.9 Å². The molecule has 0 spiro atoms. The fourth-order valence-electron chi connectivity index (χ4n) is 8.32. The van der Waals surface area contributed by atoms with E-state index in [1.165, 1.54) is 70.4 Å². The van der Waals surface area contributed by atoms with Crippen LogP contribution < -0.4 is 10.6 Å². The maximum atomic E-state index is 6.63. The summed E-state index contributed by atoms with van der Waals surface area (Å²) in [6.07, 6.45) is -0.160. The monoisotopic (exact) mass is 684 g/mol. The van der Waals surface area contributed by atoms with Gasteiger partial charge in [-0.2, -0.15) is 0 Å². The Morgan fingerprint density at radius 3 is 2.10 bits per heavy atom. The molecule has 3 heterocycles. The van der Waals surface area contributed by atoms with Gasteiger partial charge in [0, 0.05) is 31.7 Å². The normalized spacial score (nSPS) is 16.8. The second-order valence-corrected chi connectivity index (χ2v) is 14.8. The Morgan fingerprint density at radius 2 is 1.19 bits per heavy atom. The highest BCUT2D eigenvalue weighted by Gasteiger charge is 2.38. The maximum Gasteiger partial charge on any atom is 0.136 e. The van der Waals surface area contributed by atoms with Gasteiger partial charge in [-0.05, 0) is 79.7 Å².